The van der Waals surface area contributed by atoms with Gasteiger partial charge in [-0.05, 0) is 39.8 Å². The van der Waals surface area contributed by atoms with Gasteiger partial charge in [0.1, 0.15) is 5.84 Å². The Balaban J connectivity index is 3.50. The lowest BCUT2D eigenvalue weighted by molar-refractivity contribution is 0.240. The predicted octanol–water partition coefficient (Wildman–Crippen LogP) is 2.02. The van der Waals surface area contributed by atoms with Crippen LogP contribution in [0.5, 0.6) is 0 Å². The van der Waals surface area contributed by atoms with E-state index < -0.39 is 0 Å². The van der Waals surface area contributed by atoms with E-state index >= 15 is 0 Å². The van der Waals surface area contributed by atoms with Crippen LogP contribution in [-0.4, -0.2) is 35.6 Å². The van der Waals surface area contributed by atoms with E-state index in [0.717, 1.165) is 19.4 Å². The minimum atomic E-state index is 0.333. The average Bonchev–Trinajstić information content (AvgIpc) is 2.23. The zero-order valence-corrected chi connectivity index (χ0v) is 10.2. The monoisotopic (exact) mass is 215 g/mol. The molecule has 0 aromatic carbocycles. The summed E-state index contributed by atoms with van der Waals surface area (Å²) in [4.78, 5) is 2.37. The van der Waals surface area contributed by atoms with Gasteiger partial charge in [0, 0.05) is 12.5 Å². The lowest BCUT2D eigenvalue weighted by Gasteiger charge is -2.24. The normalized spacial score (nSPS) is 14.5. The van der Waals surface area contributed by atoms with Crippen LogP contribution in [0.1, 0.15) is 46.0 Å². The summed E-state index contributed by atoms with van der Waals surface area (Å²) in [6.45, 7) is 5.55. The molecule has 0 amide bonds. The third kappa shape index (κ3) is 7.19. The maximum absolute atomic E-state index is 8.35. The highest BCUT2D eigenvalue weighted by Crippen LogP contribution is 2.06. The molecule has 4 heteroatoms. The molecular formula is C11H25N3O. The molecule has 4 nitrogen and oxygen atoms in total. The number of hydrogen-bond donors (Lipinski definition) is 2. The second-order valence-electron chi connectivity index (χ2n) is 4.17. The third-order valence-corrected chi connectivity index (χ3v) is 2.78. The molecule has 0 heterocycles. The fraction of sp³-hybridized carbons (Fsp3) is 0.909. The first-order chi connectivity index (χ1) is 7.11. The van der Waals surface area contributed by atoms with Crippen molar-refractivity contribution in [2.24, 2.45) is 10.9 Å². The molecule has 0 fully saturated rings. The van der Waals surface area contributed by atoms with Crippen LogP contribution in [0, 0.1) is 0 Å². The summed E-state index contributed by atoms with van der Waals surface area (Å²) in [5, 5.41) is 11.3. The number of oxime groups is 1. The quantitative estimate of drug-likeness (QED) is 0.214. The van der Waals surface area contributed by atoms with Crippen LogP contribution in [0.25, 0.3) is 0 Å². The lowest BCUT2D eigenvalue weighted by atomic mass is 10.1. The molecule has 0 bridgehead atoms. The molecule has 0 aliphatic heterocycles. The van der Waals surface area contributed by atoms with Crippen molar-refractivity contribution in [3.05, 3.63) is 0 Å². The minimum absolute atomic E-state index is 0.333. The van der Waals surface area contributed by atoms with Gasteiger partial charge in [0.25, 0.3) is 0 Å². The minimum Gasteiger partial charge on any atom is -0.409 e. The van der Waals surface area contributed by atoms with Gasteiger partial charge in [-0.15, -0.1) is 0 Å². The molecule has 1 atom stereocenters. The first kappa shape index (κ1) is 14.2. The second kappa shape index (κ2) is 8.53. The molecule has 0 aliphatic carbocycles. The van der Waals surface area contributed by atoms with E-state index in [1.165, 1.54) is 12.8 Å². The molecule has 90 valence electrons. The van der Waals surface area contributed by atoms with Crippen molar-refractivity contribution in [1.82, 2.24) is 4.90 Å². The van der Waals surface area contributed by atoms with Crippen molar-refractivity contribution in [2.45, 2.75) is 52.0 Å². The number of hydrogen-bond acceptors (Lipinski definition) is 3. The third-order valence-electron chi connectivity index (χ3n) is 2.78. The zero-order chi connectivity index (χ0) is 11.7. The summed E-state index contributed by atoms with van der Waals surface area (Å²) in [5.74, 6) is 0.333. The van der Waals surface area contributed by atoms with Gasteiger partial charge in [0.2, 0.25) is 0 Å². The van der Waals surface area contributed by atoms with Gasteiger partial charge >= 0.3 is 0 Å². The summed E-state index contributed by atoms with van der Waals surface area (Å²) in [5.41, 5.74) is 5.38. The Hall–Kier alpha value is -0.770. The number of nitrogens with zero attached hydrogens (tertiary/aromatic N) is 2. The molecule has 0 saturated carbocycles. The Morgan fingerprint density at radius 1 is 1.47 bits per heavy atom. The Labute approximate surface area is 93.1 Å². The lowest BCUT2D eigenvalue weighted by Crippen LogP contribution is -2.29. The predicted molar refractivity (Wildman–Crippen MR) is 64.3 cm³/mol. The molecule has 0 aromatic rings. The van der Waals surface area contributed by atoms with Gasteiger partial charge in [-0.25, -0.2) is 0 Å². The highest BCUT2D eigenvalue weighted by molar-refractivity contribution is 5.79. The van der Waals surface area contributed by atoms with Crippen LogP contribution in [-0.2, 0) is 0 Å². The van der Waals surface area contributed by atoms with Crippen molar-refractivity contribution < 1.29 is 5.21 Å². The summed E-state index contributed by atoms with van der Waals surface area (Å²) in [6, 6.07) is 0.652. The molecule has 15 heavy (non-hydrogen) atoms. The molecule has 0 aromatic heterocycles. The van der Waals surface area contributed by atoms with Gasteiger partial charge in [-0.3, -0.25) is 0 Å². The van der Waals surface area contributed by atoms with E-state index in [2.05, 4.69) is 31.0 Å². The number of nitrogens with two attached hydrogens (primary N) is 1. The molecule has 0 aliphatic rings. The summed E-state index contributed by atoms with van der Waals surface area (Å²) < 4.78 is 0. The van der Waals surface area contributed by atoms with E-state index in [1.54, 1.807) is 0 Å². The standard InChI is InChI=1S/C11H25N3O/c1-4-7-10(2)14(3)9-6-5-8-11(12)13-15/h10,15H,4-9H2,1-3H3,(H2,12,13). The second-order valence-corrected chi connectivity index (χ2v) is 4.17. The van der Waals surface area contributed by atoms with E-state index in [0.29, 0.717) is 18.3 Å². The molecule has 0 spiro atoms. The molecular weight excluding hydrogens is 190 g/mol. The highest BCUT2D eigenvalue weighted by Gasteiger charge is 2.06. The van der Waals surface area contributed by atoms with Gasteiger partial charge in [0.15, 0.2) is 0 Å². The largest absolute Gasteiger partial charge is 0.409 e. The van der Waals surface area contributed by atoms with Gasteiger partial charge < -0.3 is 15.8 Å². The van der Waals surface area contributed by atoms with E-state index in [9.17, 15) is 0 Å². The number of rotatable bonds is 8. The van der Waals surface area contributed by atoms with Crippen molar-refractivity contribution in [1.29, 1.82) is 0 Å². The SMILES string of the molecule is CCCC(C)N(C)CCCC/C(N)=N/O. The molecule has 1 unspecified atom stereocenters. The van der Waals surface area contributed by atoms with Crippen LogP contribution in [0.3, 0.4) is 0 Å². The Bertz CT molecular complexity index is 183. The summed E-state index contributed by atoms with van der Waals surface area (Å²) >= 11 is 0. The Kier molecular flexibility index (Phi) is 8.09. The van der Waals surface area contributed by atoms with Crippen molar-refractivity contribution in [3.8, 4) is 0 Å². The van der Waals surface area contributed by atoms with Gasteiger partial charge in [-0.2, -0.15) is 0 Å². The fourth-order valence-corrected chi connectivity index (χ4v) is 1.58. The fourth-order valence-electron chi connectivity index (χ4n) is 1.58. The first-order valence-corrected chi connectivity index (χ1v) is 5.78. The highest BCUT2D eigenvalue weighted by atomic mass is 16.4. The summed E-state index contributed by atoms with van der Waals surface area (Å²) in [6.07, 6.45) is 5.25. The number of amidine groups is 1. The summed E-state index contributed by atoms with van der Waals surface area (Å²) in [7, 11) is 2.16. The van der Waals surface area contributed by atoms with Crippen LogP contribution >= 0.6 is 0 Å². The molecule has 0 rings (SSSR count). The molecule has 0 saturated heterocycles. The van der Waals surface area contributed by atoms with Crippen molar-refractivity contribution in [2.75, 3.05) is 13.6 Å². The Morgan fingerprint density at radius 3 is 2.67 bits per heavy atom. The number of unbranched alkanes of at least 4 members (excludes halogenated alkanes) is 1. The van der Waals surface area contributed by atoms with Gasteiger partial charge in [-0.1, -0.05) is 18.5 Å². The topological polar surface area (TPSA) is 61.8 Å². The van der Waals surface area contributed by atoms with Gasteiger partial charge in [0.05, 0.1) is 0 Å². The van der Waals surface area contributed by atoms with Crippen molar-refractivity contribution >= 4 is 5.84 Å². The van der Waals surface area contributed by atoms with Crippen LogP contribution in [0.4, 0.5) is 0 Å². The molecule has 0 radical (unpaired) electrons. The smallest absolute Gasteiger partial charge is 0.139 e. The van der Waals surface area contributed by atoms with E-state index in [-0.39, 0.29) is 0 Å². The maximum Gasteiger partial charge on any atom is 0.139 e. The molecule has 3 N–H and O–H groups in total. The van der Waals surface area contributed by atoms with E-state index in [1.807, 2.05) is 0 Å². The zero-order valence-electron chi connectivity index (χ0n) is 10.2. The average molecular weight is 215 g/mol. The Morgan fingerprint density at radius 2 is 2.13 bits per heavy atom. The van der Waals surface area contributed by atoms with Crippen LogP contribution in [0.15, 0.2) is 5.16 Å². The maximum atomic E-state index is 8.35. The van der Waals surface area contributed by atoms with Crippen LogP contribution in [0.2, 0.25) is 0 Å². The van der Waals surface area contributed by atoms with Crippen molar-refractivity contribution in [3.63, 3.8) is 0 Å². The van der Waals surface area contributed by atoms with E-state index in [4.69, 9.17) is 10.9 Å². The van der Waals surface area contributed by atoms with Crippen LogP contribution < -0.4 is 5.73 Å². The first-order valence-electron chi connectivity index (χ1n) is 5.78.